The Hall–Kier alpha value is -3.25. The zero-order valence-electron chi connectivity index (χ0n) is 16.5. The van der Waals surface area contributed by atoms with Crippen LogP contribution in [-0.2, 0) is 4.79 Å². The molecule has 0 saturated heterocycles. The molecule has 146 valence electrons. The molecule has 0 fully saturated rings. The minimum Gasteiger partial charge on any atom is -0.324 e. The van der Waals surface area contributed by atoms with Crippen molar-refractivity contribution in [3.05, 3.63) is 82.4 Å². The van der Waals surface area contributed by atoms with E-state index in [9.17, 15) is 9.59 Å². The van der Waals surface area contributed by atoms with Gasteiger partial charge in [-0.2, -0.15) is 0 Å². The highest BCUT2D eigenvalue weighted by Crippen LogP contribution is 2.30. The smallest absolute Gasteiger partial charge is 0.262 e. The number of amides is 1. The molecule has 2 heterocycles. The second-order valence-electron chi connectivity index (χ2n) is 7.07. The standard InChI is InChI=1S/C23H21N3O2S/c1-14-8-7-11-19(15(14)2)25-21(27)16(3)26-13-24-22-18(23(26)28)12-20(29-22)17-9-5-4-6-10-17/h4-13,16H,1-3H3,(H,25,27)/t16-/m1/s1. The fourth-order valence-electron chi connectivity index (χ4n) is 3.21. The zero-order chi connectivity index (χ0) is 20.5. The number of rotatable bonds is 4. The zero-order valence-corrected chi connectivity index (χ0v) is 17.3. The van der Waals surface area contributed by atoms with Gasteiger partial charge in [0.25, 0.3) is 5.56 Å². The number of nitrogens with zero attached hydrogens (tertiary/aromatic N) is 2. The minimum absolute atomic E-state index is 0.211. The predicted octanol–water partition coefficient (Wildman–Crippen LogP) is 4.94. The number of nitrogens with one attached hydrogen (secondary N) is 1. The summed E-state index contributed by atoms with van der Waals surface area (Å²) in [4.78, 5) is 31.9. The van der Waals surface area contributed by atoms with Crippen molar-refractivity contribution in [2.75, 3.05) is 5.32 Å². The number of aromatic nitrogens is 2. The Morgan fingerprint density at radius 1 is 1.10 bits per heavy atom. The fraction of sp³-hybridized carbons (Fsp3) is 0.174. The van der Waals surface area contributed by atoms with Gasteiger partial charge in [0.05, 0.1) is 11.7 Å². The van der Waals surface area contributed by atoms with Crippen LogP contribution in [0.2, 0.25) is 0 Å². The molecule has 2 aromatic carbocycles. The molecule has 4 rings (SSSR count). The van der Waals surface area contributed by atoms with E-state index in [0.717, 1.165) is 27.3 Å². The third-order valence-corrected chi connectivity index (χ3v) is 6.29. The van der Waals surface area contributed by atoms with Crippen LogP contribution in [0, 0.1) is 13.8 Å². The van der Waals surface area contributed by atoms with E-state index in [0.29, 0.717) is 10.2 Å². The molecule has 0 unspecified atom stereocenters. The molecule has 0 aliphatic heterocycles. The molecule has 0 spiro atoms. The van der Waals surface area contributed by atoms with Crippen molar-refractivity contribution in [2.45, 2.75) is 26.8 Å². The number of carbonyl (C=O) groups excluding carboxylic acids is 1. The quantitative estimate of drug-likeness (QED) is 0.525. The summed E-state index contributed by atoms with van der Waals surface area (Å²) in [6.45, 7) is 5.67. The highest BCUT2D eigenvalue weighted by atomic mass is 32.1. The minimum atomic E-state index is -0.681. The Bertz CT molecular complexity index is 1260. The summed E-state index contributed by atoms with van der Waals surface area (Å²) < 4.78 is 1.39. The van der Waals surface area contributed by atoms with E-state index in [2.05, 4.69) is 10.3 Å². The molecule has 2 aromatic heterocycles. The Kier molecular flexibility index (Phi) is 5.03. The van der Waals surface area contributed by atoms with Crippen molar-refractivity contribution in [1.29, 1.82) is 0 Å². The average molecular weight is 404 g/mol. The van der Waals surface area contributed by atoms with Crippen molar-refractivity contribution in [3.8, 4) is 10.4 Å². The molecular formula is C23H21N3O2S. The Labute approximate surface area is 172 Å². The normalized spacial score (nSPS) is 12.1. The van der Waals surface area contributed by atoms with Crippen LogP contribution in [-0.4, -0.2) is 15.5 Å². The van der Waals surface area contributed by atoms with E-state index in [-0.39, 0.29) is 11.5 Å². The molecule has 4 aromatic rings. The molecular weight excluding hydrogens is 382 g/mol. The van der Waals surface area contributed by atoms with Gasteiger partial charge in [-0.1, -0.05) is 42.5 Å². The summed E-state index contributed by atoms with van der Waals surface area (Å²) in [6.07, 6.45) is 1.46. The lowest BCUT2D eigenvalue weighted by Gasteiger charge is -2.16. The molecule has 1 atom stereocenters. The van der Waals surface area contributed by atoms with Gasteiger partial charge in [0, 0.05) is 10.6 Å². The van der Waals surface area contributed by atoms with Crippen LogP contribution >= 0.6 is 11.3 Å². The lowest BCUT2D eigenvalue weighted by molar-refractivity contribution is -0.118. The summed E-state index contributed by atoms with van der Waals surface area (Å²) >= 11 is 1.47. The Balaban J connectivity index is 1.66. The average Bonchev–Trinajstić information content (AvgIpc) is 3.17. The largest absolute Gasteiger partial charge is 0.324 e. The molecule has 0 aliphatic rings. The van der Waals surface area contributed by atoms with Gasteiger partial charge in [0.2, 0.25) is 5.91 Å². The third kappa shape index (κ3) is 3.59. The number of thiophene rings is 1. The van der Waals surface area contributed by atoms with Gasteiger partial charge in [-0.05, 0) is 49.6 Å². The maximum absolute atomic E-state index is 13.0. The van der Waals surface area contributed by atoms with E-state index < -0.39 is 6.04 Å². The summed E-state index contributed by atoms with van der Waals surface area (Å²) in [7, 11) is 0. The lowest BCUT2D eigenvalue weighted by Crippen LogP contribution is -2.31. The van der Waals surface area contributed by atoms with Crippen molar-refractivity contribution in [2.24, 2.45) is 0 Å². The van der Waals surface area contributed by atoms with Crippen LogP contribution < -0.4 is 10.9 Å². The van der Waals surface area contributed by atoms with Gasteiger partial charge in [0.1, 0.15) is 10.9 Å². The van der Waals surface area contributed by atoms with Crippen LogP contribution in [0.1, 0.15) is 24.1 Å². The number of hydrogen-bond acceptors (Lipinski definition) is 4. The SMILES string of the molecule is Cc1cccc(NC(=O)[C@@H](C)n2cnc3sc(-c4ccccc4)cc3c2=O)c1C. The molecule has 29 heavy (non-hydrogen) atoms. The van der Waals surface area contributed by atoms with Gasteiger partial charge in [0.15, 0.2) is 0 Å². The van der Waals surface area contributed by atoms with Crippen LogP contribution in [0.4, 0.5) is 5.69 Å². The van der Waals surface area contributed by atoms with Crippen molar-refractivity contribution >= 4 is 33.1 Å². The van der Waals surface area contributed by atoms with Gasteiger partial charge in [-0.15, -0.1) is 11.3 Å². The highest BCUT2D eigenvalue weighted by molar-refractivity contribution is 7.21. The van der Waals surface area contributed by atoms with Crippen LogP contribution in [0.5, 0.6) is 0 Å². The molecule has 5 nitrogen and oxygen atoms in total. The molecule has 0 aliphatic carbocycles. The van der Waals surface area contributed by atoms with Crippen molar-refractivity contribution < 1.29 is 4.79 Å². The Morgan fingerprint density at radius 2 is 1.86 bits per heavy atom. The number of benzene rings is 2. The van der Waals surface area contributed by atoms with E-state index in [1.807, 2.05) is 68.4 Å². The molecule has 0 saturated carbocycles. The first-order valence-corrected chi connectivity index (χ1v) is 10.2. The van der Waals surface area contributed by atoms with Gasteiger partial charge in [-0.3, -0.25) is 14.2 Å². The van der Waals surface area contributed by atoms with E-state index in [4.69, 9.17) is 0 Å². The first-order valence-electron chi connectivity index (χ1n) is 9.39. The first-order chi connectivity index (χ1) is 14.0. The number of anilines is 1. The first kappa shape index (κ1) is 19.1. The van der Waals surface area contributed by atoms with Crippen molar-refractivity contribution in [3.63, 3.8) is 0 Å². The summed E-state index contributed by atoms with van der Waals surface area (Å²) in [5.41, 5.74) is 3.70. The highest BCUT2D eigenvalue weighted by Gasteiger charge is 2.20. The second-order valence-corrected chi connectivity index (χ2v) is 8.10. The van der Waals surface area contributed by atoms with Gasteiger partial charge >= 0.3 is 0 Å². The number of carbonyl (C=O) groups is 1. The van der Waals surface area contributed by atoms with Crippen molar-refractivity contribution in [1.82, 2.24) is 9.55 Å². The summed E-state index contributed by atoms with van der Waals surface area (Å²) in [6, 6.07) is 16.8. The van der Waals surface area contributed by atoms with E-state index >= 15 is 0 Å². The van der Waals surface area contributed by atoms with E-state index in [1.165, 1.54) is 22.2 Å². The lowest BCUT2D eigenvalue weighted by atomic mass is 10.1. The molecule has 0 radical (unpaired) electrons. The van der Waals surface area contributed by atoms with Crippen LogP contribution in [0.25, 0.3) is 20.7 Å². The maximum atomic E-state index is 13.0. The van der Waals surface area contributed by atoms with Gasteiger partial charge in [-0.25, -0.2) is 4.98 Å². The molecule has 1 N–H and O–H groups in total. The summed E-state index contributed by atoms with van der Waals surface area (Å²) in [5.74, 6) is -0.250. The maximum Gasteiger partial charge on any atom is 0.262 e. The van der Waals surface area contributed by atoms with Gasteiger partial charge < -0.3 is 5.32 Å². The van der Waals surface area contributed by atoms with Crippen LogP contribution in [0.3, 0.4) is 0 Å². The second kappa shape index (κ2) is 7.64. The van der Waals surface area contributed by atoms with E-state index in [1.54, 1.807) is 6.92 Å². The molecule has 0 bridgehead atoms. The monoisotopic (exact) mass is 403 g/mol. The van der Waals surface area contributed by atoms with Crippen LogP contribution in [0.15, 0.2) is 65.7 Å². The predicted molar refractivity (Wildman–Crippen MR) is 119 cm³/mol. The fourth-order valence-corrected chi connectivity index (χ4v) is 4.20. The Morgan fingerprint density at radius 3 is 2.62 bits per heavy atom. The third-order valence-electron chi connectivity index (χ3n) is 5.19. The number of fused-ring (bicyclic) bond motifs is 1. The number of aryl methyl sites for hydroxylation is 1. The molecule has 6 heteroatoms. The number of hydrogen-bond donors (Lipinski definition) is 1. The molecule has 1 amide bonds. The summed E-state index contributed by atoms with van der Waals surface area (Å²) in [5, 5.41) is 3.46. The topological polar surface area (TPSA) is 64.0 Å².